The molecule has 8 heteroatoms. The van der Waals surface area contributed by atoms with Gasteiger partial charge in [-0.1, -0.05) is 54.6 Å². The molecular formula is C26H26N2O5S. The molecule has 3 N–H and O–H groups in total. The lowest BCUT2D eigenvalue weighted by molar-refractivity contribution is -0.137. The number of carbonyl (C=O) groups is 3. The first-order valence-electron chi connectivity index (χ1n) is 11.1. The van der Waals surface area contributed by atoms with Gasteiger partial charge in [0.15, 0.2) is 0 Å². The number of amides is 2. The van der Waals surface area contributed by atoms with Crippen molar-refractivity contribution in [2.45, 2.75) is 37.8 Å². The summed E-state index contributed by atoms with van der Waals surface area (Å²) in [5.41, 5.74) is 4.56. The van der Waals surface area contributed by atoms with E-state index < -0.39 is 24.1 Å². The van der Waals surface area contributed by atoms with Crippen LogP contribution in [0.15, 0.2) is 66.0 Å². The number of ether oxygens (including phenoxy) is 1. The van der Waals surface area contributed by atoms with Gasteiger partial charge in [0.1, 0.15) is 6.61 Å². The first kappa shape index (κ1) is 23.5. The molecule has 2 aromatic carbocycles. The largest absolute Gasteiger partial charge is 0.481 e. The minimum Gasteiger partial charge on any atom is -0.481 e. The van der Waals surface area contributed by atoms with Gasteiger partial charge < -0.3 is 20.5 Å². The van der Waals surface area contributed by atoms with Crippen LogP contribution >= 0.6 is 11.3 Å². The van der Waals surface area contributed by atoms with E-state index in [2.05, 4.69) is 34.9 Å². The highest BCUT2D eigenvalue weighted by Crippen LogP contribution is 2.44. The number of carboxylic acids is 1. The third-order valence-corrected chi connectivity index (χ3v) is 6.79. The van der Waals surface area contributed by atoms with Crippen LogP contribution in [0.3, 0.4) is 0 Å². The minimum absolute atomic E-state index is 0.00564. The highest BCUT2D eigenvalue weighted by atomic mass is 32.1. The molecule has 3 aromatic rings. The number of hydrogen-bond donors (Lipinski definition) is 3. The molecule has 1 aromatic heterocycles. The molecule has 34 heavy (non-hydrogen) atoms. The average molecular weight is 479 g/mol. The third-order valence-electron chi connectivity index (χ3n) is 5.80. The van der Waals surface area contributed by atoms with E-state index in [0.29, 0.717) is 0 Å². The number of nitrogens with one attached hydrogen (secondary N) is 2. The Morgan fingerprint density at radius 3 is 2.18 bits per heavy atom. The van der Waals surface area contributed by atoms with Gasteiger partial charge in [-0.15, -0.1) is 11.3 Å². The third kappa shape index (κ3) is 5.46. The van der Waals surface area contributed by atoms with Gasteiger partial charge in [0.05, 0.1) is 12.5 Å². The summed E-state index contributed by atoms with van der Waals surface area (Å²) in [7, 11) is 0. The van der Waals surface area contributed by atoms with Crippen molar-refractivity contribution in [3.63, 3.8) is 0 Å². The Morgan fingerprint density at radius 2 is 1.59 bits per heavy atom. The fourth-order valence-electron chi connectivity index (χ4n) is 4.31. The van der Waals surface area contributed by atoms with Gasteiger partial charge in [0.2, 0.25) is 5.91 Å². The van der Waals surface area contributed by atoms with Crippen LogP contribution in [0, 0.1) is 0 Å². The molecule has 2 atom stereocenters. The second-order valence-corrected chi connectivity index (χ2v) is 9.29. The fraction of sp³-hybridized carbons (Fsp3) is 0.269. The molecule has 0 fully saturated rings. The van der Waals surface area contributed by atoms with Crippen molar-refractivity contribution in [1.29, 1.82) is 0 Å². The van der Waals surface area contributed by atoms with Crippen LogP contribution < -0.4 is 10.6 Å². The number of carboxylic acid groups (broad SMARTS) is 1. The molecule has 176 valence electrons. The summed E-state index contributed by atoms with van der Waals surface area (Å²) in [5.74, 6) is -1.38. The fourth-order valence-corrected chi connectivity index (χ4v) is 5.09. The Bertz CT molecular complexity index is 1130. The summed E-state index contributed by atoms with van der Waals surface area (Å²) in [6.07, 6.45) is -0.797. The smallest absolute Gasteiger partial charge is 0.407 e. The van der Waals surface area contributed by atoms with Gasteiger partial charge in [0.25, 0.3) is 0 Å². The van der Waals surface area contributed by atoms with E-state index in [-0.39, 0.29) is 31.3 Å². The number of aliphatic carboxylic acids is 1. The predicted molar refractivity (Wildman–Crippen MR) is 130 cm³/mol. The van der Waals surface area contributed by atoms with Crippen molar-refractivity contribution in [2.75, 3.05) is 6.61 Å². The molecule has 0 spiro atoms. The van der Waals surface area contributed by atoms with E-state index in [4.69, 9.17) is 9.84 Å². The van der Waals surface area contributed by atoms with Crippen molar-refractivity contribution in [3.8, 4) is 11.1 Å². The molecule has 0 aliphatic heterocycles. The van der Waals surface area contributed by atoms with Crippen molar-refractivity contribution in [2.24, 2.45) is 0 Å². The Kier molecular flexibility index (Phi) is 7.27. The van der Waals surface area contributed by atoms with Crippen molar-refractivity contribution in [1.82, 2.24) is 10.6 Å². The quantitative estimate of drug-likeness (QED) is 0.414. The second kappa shape index (κ2) is 10.5. The van der Waals surface area contributed by atoms with E-state index in [1.165, 1.54) is 11.3 Å². The summed E-state index contributed by atoms with van der Waals surface area (Å²) in [4.78, 5) is 36.8. The summed E-state index contributed by atoms with van der Waals surface area (Å²) >= 11 is 1.39. The summed E-state index contributed by atoms with van der Waals surface area (Å²) in [6, 6.07) is 18.7. The number of alkyl carbamates (subject to hydrolysis) is 1. The first-order valence-corrected chi connectivity index (χ1v) is 12.0. The Labute approximate surface area is 201 Å². The maximum Gasteiger partial charge on any atom is 0.407 e. The molecule has 4 rings (SSSR count). The van der Waals surface area contributed by atoms with Crippen molar-refractivity contribution in [3.05, 3.63) is 82.0 Å². The van der Waals surface area contributed by atoms with Crippen LogP contribution in [-0.2, 0) is 14.3 Å². The van der Waals surface area contributed by atoms with Crippen LogP contribution in [-0.4, -0.2) is 35.7 Å². The van der Waals surface area contributed by atoms with Gasteiger partial charge in [-0.05, 0) is 40.6 Å². The molecule has 0 bridgehead atoms. The molecule has 0 radical (unpaired) electrons. The van der Waals surface area contributed by atoms with Gasteiger partial charge in [-0.2, -0.15) is 0 Å². The predicted octanol–water partition coefficient (Wildman–Crippen LogP) is 4.70. The van der Waals surface area contributed by atoms with Crippen LogP contribution in [0.25, 0.3) is 11.1 Å². The van der Waals surface area contributed by atoms with Gasteiger partial charge in [-0.3, -0.25) is 9.59 Å². The Morgan fingerprint density at radius 1 is 0.941 bits per heavy atom. The van der Waals surface area contributed by atoms with E-state index in [0.717, 1.165) is 27.1 Å². The van der Waals surface area contributed by atoms with E-state index in [9.17, 15) is 14.4 Å². The molecule has 1 heterocycles. The number of fused-ring (bicyclic) bond motifs is 3. The molecule has 1 unspecified atom stereocenters. The zero-order chi connectivity index (χ0) is 24.1. The molecule has 7 nitrogen and oxygen atoms in total. The first-order chi connectivity index (χ1) is 16.4. The molecule has 1 aliphatic rings. The molecule has 1 aliphatic carbocycles. The van der Waals surface area contributed by atoms with Crippen LogP contribution in [0.2, 0.25) is 0 Å². The van der Waals surface area contributed by atoms with Crippen LogP contribution in [0.5, 0.6) is 0 Å². The number of thiophene rings is 1. The maximum absolute atomic E-state index is 12.5. The monoisotopic (exact) mass is 478 g/mol. The molecule has 0 saturated carbocycles. The normalized spacial score (nSPS) is 13.9. The van der Waals surface area contributed by atoms with Gasteiger partial charge >= 0.3 is 12.1 Å². The highest BCUT2D eigenvalue weighted by Gasteiger charge is 2.29. The highest BCUT2D eigenvalue weighted by molar-refractivity contribution is 7.10. The Balaban J connectivity index is 1.30. The van der Waals surface area contributed by atoms with E-state index in [1.54, 1.807) is 13.0 Å². The maximum atomic E-state index is 12.5. The zero-order valence-corrected chi connectivity index (χ0v) is 19.5. The molecule has 2 amide bonds. The van der Waals surface area contributed by atoms with Gasteiger partial charge in [-0.25, -0.2) is 4.79 Å². The van der Waals surface area contributed by atoms with E-state index in [1.807, 2.05) is 35.7 Å². The lowest BCUT2D eigenvalue weighted by atomic mass is 9.98. The summed E-state index contributed by atoms with van der Waals surface area (Å²) in [5, 5.41) is 16.4. The molecule has 0 saturated heterocycles. The van der Waals surface area contributed by atoms with Gasteiger partial charge in [0, 0.05) is 23.3 Å². The Hall–Kier alpha value is -3.65. The lowest BCUT2D eigenvalue weighted by Gasteiger charge is -2.19. The van der Waals surface area contributed by atoms with E-state index >= 15 is 0 Å². The second-order valence-electron chi connectivity index (χ2n) is 8.31. The van der Waals surface area contributed by atoms with Crippen molar-refractivity contribution >= 4 is 29.3 Å². The van der Waals surface area contributed by atoms with Crippen molar-refractivity contribution < 1.29 is 24.2 Å². The van der Waals surface area contributed by atoms with Crippen LogP contribution in [0.1, 0.15) is 47.7 Å². The number of benzene rings is 2. The molecular weight excluding hydrogens is 452 g/mol. The number of carbonyl (C=O) groups excluding carboxylic acids is 2. The topological polar surface area (TPSA) is 105 Å². The minimum atomic E-state index is -0.997. The SMILES string of the molecule is C[C@H](CC(=O)NC(CC(=O)O)c1cccs1)NC(=O)OCC1c2ccccc2-c2ccccc21. The average Bonchev–Trinajstić information content (AvgIpc) is 3.44. The zero-order valence-electron chi connectivity index (χ0n) is 18.7. The number of rotatable bonds is 9. The summed E-state index contributed by atoms with van der Waals surface area (Å²) in [6.45, 7) is 1.90. The standard InChI is InChI=1S/C26H26N2O5S/c1-16(13-24(29)28-22(14-25(30)31)23-11-6-12-34-23)27-26(32)33-15-21-19-9-4-2-7-17(19)18-8-3-5-10-20(18)21/h2-12,16,21-22H,13-15H2,1H3,(H,27,32)(H,28,29)(H,30,31)/t16-,22?/m1/s1. The summed E-state index contributed by atoms with van der Waals surface area (Å²) < 4.78 is 5.53. The van der Waals surface area contributed by atoms with Crippen LogP contribution in [0.4, 0.5) is 4.79 Å². The lowest BCUT2D eigenvalue weighted by Crippen LogP contribution is -2.39. The number of hydrogen-bond acceptors (Lipinski definition) is 5.